The van der Waals surface area contributed by atoms with Gasteiger partial charge in [-0.1, -0.05) is 42.5 Å². The van der Waals surface area contributed by atoms with Crippen LogP contribution >= 0.6 is 0 Å². The van der Waals surface area contributed by atoms with Gasteiger partial charge in [0.25, 0.3) is 5.91 Å². The number of nitrogens with zero attached hydrogens (tertiary/aromatic N) is 1. The van der Waals surface area contributed by atoms with Crippen LogP contribution in [-0.4, -0.2) is 42.4 Å². The van der Waals surface area contributed by atoms with Gasteiger partial charge in [-0.3, -0.25) is 20.4 Å². The molecule has 6 heteroatoms. The molecule has 3 N–H and O–H groups in total. The lowest BCUT2D eigenvalue weighted by molar-refractivity contribution is -0.124. The van der Waals surface area contributed by atoms with Crippen molar-refractivity contribution < 1.29 is 9.59 Å². The normalized spacial score (nSPS) is 20.4. The summed E-state index contributed by atoms with van der Waals surface area (Å²) in [6.07, 6.45) is 8.56. The average Bonchev–Trinajstić information content (AvgIpc) is 3.51. The fourth-order valence-corrected chi connectivity index (χ4v) is 3.94. The minimum Gasteiger partial charge on any atom is -0.349 e. The second kappa shape index (κ2) is 10.6. The fourth-order valence-electron chi connectivity index (χ4n) is 3.94. The molecule has 4 rings (SSSR count). The Kier molecular flexibility index (Phi) is 7.35. The minimum absolute atomic E-state index is 0.0137. The van der Waals surface area contributed by atoms with Gasteiger partial charge in [0.1, 0.15) is 0 Å². The van der Waals surface area contributed by atoms with Crippen LogP contribution < -0.4 is 16.2 Å². The molecule has 1 aliphatic heterocycles. The molecule has 1 aliphatic carbocycles. The molecule has 2 unspecified atom stereocenters. The van der Waals surface area contributed by atoms with E-state index in [-0.39, 0.29) is 11.8 Å². The number of amides is 2. The average molecular weight is 433 g/mol. The number of carbonyl (C=O) groups is 2. The third-order valence-corrected chi connectivity index (χ3v) is 6.11. The van der Waals surface area contributed by atoms with Crippen molar-refractivity contribution in [1.29, 1.82) is 0 Å². The molecule has 0 bridgehead atoms. The summed E-state index contributed by atoms with van der Waals surface area (Å²) >= 11 is 0. The van der Waals surface area contributed by atoms with E-state index in [1.54, 1.807) is 29.2 Å². The van der Waals surface area contributed by atoms with Crippen molar-refractivity contribution in [3.05, 3.63) is 77.4 Å². The summed E-state index contributed by atoms with van der Waals surface area (Å²) in [5.74, 6) is -0.0406. The Morgan fingerprint density at radius 1 is 1.06 bits per heavy atom. The van der Waals surface area contributed by atoms with Crippen LogP contribution in [-0.2, 0) is 4.79 Å². The van der Waals surface area contributed by atoms with E-state index >= 15 is 0 Å². The molecule has 0 aromatic heterocycles. The van der Waals surface area contributed by atoms with Crippen LogP contribution in [0.4, 0.5) is 0 Å². The maximum atomic E-state index is 12.4. The quantitative estimate of drug-likeness (QED) is 0.531. The molecule has 0 spiro atoms. The van der Waals surface area contributed by atoms with Crippen molar-refractivity contribution in [3.8, 4) is 0 Å². The van der Waals surface area contributed by atoms with Gasteiger partial charge in [0.2, 0.25) is 5.91 Å². The molecule has 1 saturated carbocycles. The van der Waals surface area contributed by atoms with Gasteiger partial charge >= 0.3 is 0 Å². The van der Waals surface area contributed by atoms with E-state index in [0.29, 0.717) is 23.7 Å². The Hall–Kier alpha value is -2.96. The zero-order chi connectivity index (χ0) is 22.3. The van der Waals surface area contributed by atoms with Gasteiger partial charge in [-0.05, 0) is 61.4 Å². The largest absolute Gasteiger partial charge is 0.349 e. The monoisotopic (exact) mass is 432 g/mol. The molecule has 0 radical (unpaired) electrons. The van der Waals surface area contributed by atoms with E-state index in [2.05, 4.69) is 40.4 Å². The highest BCUT2D eigenvalue weighted by Crippen LogP contribution is 2.24. The highest BCUT2D eigenvalue weighted by molar-refractivity contribution is 5.95. The van der Waals surface area contributed by atoms with Gasteiger partial charge in [-0.15, -0.1) is 0 Å². The number of hydrogen-bond donors (Lipinski definition) is 3. The molecule has 2 aromatic carbocycles. The lowest BCUT2D eigenvalue weighted by Gasteiger charge is -2.16. The zero-order valence-electron chi connectivity index (χ0n) is 18.6. The molecule has 2 amide bonds. The third-order valence-electron chi connectivity index (χ3n) is 6.11. The number of hydrogen-bond acceptors (Lipinski definition) is 4. The van der Waals surface area contributed by atoms with Crippen molar-refractivity contribution in [3.63, 3.8) is 0 Å². The zero-order valence-corrected chi connectivity index (χ0v) is 18.6. The Bertz CT molecular complexity index is 938. The summed E-state index contributed by atoms with van der Waals surface area (Å²) in [7, 11) is 1.84. The highest BCUT2D eigenvalue weighted by Gasteiger charge is 2.25. The summed E-state index contributed by atoms with van der Waals surface area (Å²) in [6, 6.07) is 18.9. The van der Waals surface area contributed by atoms with Crippen LogP contribution in [0.25, 0.3) is 6.08 Å². The van der Waals surface area contributed by atoms with Crippen LogP contribution in [0, 0.1) is 0 Å². The Morgan fingerprint density at radius 3 is 2.53 bits per heavy atom. The standard InChI is InChI=1S/C26H32N4O2/c1-30(17-5-8-23-18-24(29-28-23)20-6-3-2-4-7-20)25(31)16-11-19-9-12-21(13-10-19)26(32)27-22-14-15-22/h2-4,6-7,9-13,16,22-24,28-29H,5,8,14-15,17-18H2,1H3,(H,27,32)/b16-11+. The number of likely N-dealkylation sites (N-methyl/N-ethyl adjacent to an activating group) is 1. The summed E-state index contributed by atoms with van der Waals surface area (Å²) in [6.45, 7) is 0.720. The molecule has 2 fully saturated rings. The van der Waals surface area contributed by atoms with E-state index in [1.165, 1.54) is 5.56 Å². The first-order valence-electron chi connectivity index (χ1n) is 11.5. The van der Waals surface area contributed by atoms with Gasteiger partial charge in [0.15, 0.2) is 0 Å². The molecule has 2 atom stereocenters. The molecule has 32 heavy (non-hydrogen) atoms. The van der Waals surface area contributed by atoms with Crippen molar-refractivity contribution in [2.75, 3.05) is 13.6 Å². The van der Waals surface area contributed by atoms with Gasteiger partial charge in [-0.2, -0.15) is 0 Å². The lowest BCUT2D eigenvalue weighted by atomic mass is 10.00. The first kappa shape index (κ1) is 22.2. The maximum absolute atomic E-state index is 12.4. The first-order valence-corrected chi connectivity index (χ1v) is 11.5. The number of nitrogens with one attached hydrogen (secondary N) is 3. The van der Waals surface area contributed by atoms with Crippen molar-refractivity contribution in [2.24, 2.45) is 0 Å². The van der Waals surface area contributed by atoms with E-state index in [0.717, 1.165) is 44.2 Å². The molecule has 1 saturated heterocycles. The van der Waals surface area contributed by atoms with Crippen LogP contribution in [0.2, 0.25) is 0 Å². The van der Waals surface area contributed by atoms with Gasteiger partial charge < -0.3 is 10.2 Å². The first-order chi connectivity index (χ1) is 15.6. The highest BCUT2D eigenvalue weighted by atomic mass is 16.2. The second-order valence-corrected chi connectivity index (χ2v) is 8.79. The van der Waals surface area contributed by atoms with Crippen LogP contribution in [0.5, 0.6) is 0 Å². The SMILES string of the molecule is CN(CCCC1CC(c2ccccc2)NN1)C(=O)/C=C/c1ccc(C(=O)NC2CC2)cc1. The number of benzene rings is 2. The van der Waals surface area contributed by atoms with E-state index in [9.17, 15) is 9.59 Å². The van der Waals surface area contributed by atoms with Gasteiger partial charge in [0.05, 0.1) is 0 Å². The summed E-state index contributed by atoms with van der Waals surface area (Å²) in [5, 5.41) is 2.98. The number of rotatable bonds is 9. The minimum atomic E-state index is -0.0270. The van der Waals surface area contributed by atoms with Crippen molar-refractivity contribution in [2.45, 2.75) is 50.2 Å². The Balaban J connectivity index is 1.17. The van der Waals surface area contributed by atoms with Crippen molar-refractivity contribution >= 4 is 17.9 Å². The van der Waals surface area contributed by atoms with E-state index in [4.69, 9.17) is 0 Å². The summed E-state index contributed by atoms with van der Waals surface area (Å²) in [5.41, 5.74) is 9.63. The smallest absolute Gasteiger partial charge is 0.251 e. The molecule has 6 nitrogen and oxygen atoms in total. The second-order valence-electron chi connectivity index (χ2n) is 8.79. The van der Waals surface area contributed by atoms with E-state index < -0.39 is 0 Å². The lowest BCUT2D eigenvalue weighted by Crippen LogP contribution is -2.32. The Morgan fingerprint density at radius 2 is 1.81 bits per heavy atom. The molecule has 168 valence electrons. The maximum Gasteiger partial charge on any atom is 0.251 e. The topological polar surface area (TPSA) is 73.5 Å². The fraction of sp³-hybridized carbons (Fsp3) is 0.385. The predicted octanol–water partition coefficient (Wildman–Crippen LogP) is 3.44. The molecule has 1 heterocycles. The van der Waals surface area contributed by atoms with Gasteiger partial charge in [-0.25, -0.2) is 0 Å². The van der Waals surface area contributed by atoms with Gasteiger partial charge in [0, 0.05) is 43.4 Å². The van der Waals surface area contributed by atoms with E-state index in [1.807, 2.05) is 25.2 Å². The molecule has 2 aliphatic rings. The van der Waals surface area contributed by atoms with Crippen LogP contribution in [0.3, 0.4) is 0 Å². The number of hydrazine groups is 1. The van der Waals surface area contributed by atoms with Crippen LogP contribution in [0.15, 0.2) is 60.7 Å². The summed E-state index contributed by atoms with van der Waals surface area (Å²) in [4.78, 5) is 26.2. The molecule has 2 aromatic rings. The number of carbonyl (C=O) groups excluding carboxylic acids is 2. The molecular weight excluding hydrogens is 400 g/mol. The third kappa shape index (κ3) is 6.28. The predicted molar refractivity (Wildman–Crippen MR) is 127 cm³/mol. The van der Waals surface area contributed by atoms with Crippen LogP contribution in [0.1, 0.15) is 59.6 Å². The Labute approximate surface area is 190 Å². The molecular formula is C26H32N4O2. The van der Waals surface area contributed by atoms with Crippen molar-refractivity contribution in [1.82, 2.24) is 21.1 Å². The summed E-state index contributed by atoms with van der Waals surface area (Å²) < 4.78 is 0.